The summed E-state index contributed by atoms with van der Waals surface area (Å²) in [5.41, 5.74) is 0.422. The van der Waals surface area contributed by atoms with Gasteiger partial charge >= 0.3 is 0 Å². The highest BCUT2D eigenvalue weighted by molar-refractivity contribution is 4.82. The van der Waals surface area contributed by atoms with Gasteiger partial charge in [0.25, 0.3) is 0 Å². The van der Waals surface area contributed by atoms with E-state index in [1.54, 1.807) is 0 Å². The van der Waals surface area contributed by atoms with Crippen molar-refractivity contribution in [2.24, 2.45) is 5.41 Å². The largest absolute Gasteiger partial charge is 0.380 e. The summed E-state index contributed by atoms with van der Waals surface area (Å²) in [6, 6.07) is 0. The Morgan fingerprint density at radius 1 is 1.19 bits per heavy atom. The van der Waals surface area contributed by atoms with Crippen molar-refractivity contribution < 1.29 is 4.74 Å². The number of rotatable bonds is 6. The molecule has 2 fully saturated rings. The number of nitrogens with one attached hydrogen (secondary N) is 1. The summed E-state index contributed by atoms with van der Waals surface area (Å²) in [5.74, 6) is 0. The fraction of sp³-hybridized carbons (Fsp3) is 1.00. The second kappa shape index (κ2) is 5.99. The lowest BCUT2D eigenvalue weighted by Gasteiger charge is -2.38. The fourth-order valence-corrected chi connectivity index (χ4v) is 2.55. The van der Waals surface area contributed by atoms with Crippen molar-refractivity contribution in [2.45, 2.75) is 32.6 Å². The molecule has 3 nitrogen and oxygen atoms in total. The molecule has 0 unspecified atom stereocenters. The number of nitrogens with zero attached hydrogens (tertiary/aromatic N) is 1. The molecule has 0 aromatic rings. The van der Waals surface area contributed by atoms with Gasteiger partial charge in [0.2, 0.25) is 0 Å². The summed E-state index contributed by atoms with van der Waals surface area (Å²) in [6.07, 6.45) is 5.54. The van der Waals surface area contributed by atoms with Gasteiger partial charge in [0.15, 0.2) is 0 Å². The van der Waals surface area contributed by atoms with Crippen LogP contribution in [-0.2, 0) is 4.74 Å². The van der Waals surface area contributed by atoms with Crippen LogP contribution in [0.5, 0.6) is 0 Å². The van der Waals surface area contributed by atoms with Crippen LogP contribution >= 0.6 is 0 Å². The normalized spacial score (nSPS) is 25.3. The SMILES string of the molecule is CC1(CNCCCN2CCCCC2)COC1. The van der Waals surface area contributed by atoms with E-state index in [1.165, 1.54) is 45.3 Å². The maximum absolute atomic E-state index is 5.24. The van der Waals surface area contributed by atoms with E-state index >= 15 is 0 Å². The minimum atomic E-state index is 0.422. The van der Waals surface area contributed by atoms with Crippen molar-refractivity contribution in [3.63, 3.8) is 0 Å². The van der Waals surface area contributed by atoms with E-state index in [1.807, 2.05) is 0 Å². The molecule has 2 aliphatic rings. The summed E-state index contributed by atoms with van der Waals surface area (Å²) in [6.45, 7) is 10.4. The maximum atomic E-state index is 5.24. The van der Waals surface area contributed by atoms with Gasteiger partial charge in [-0.15, -0.1) is 0 Å². The number of hydrogen-bond donors (Lipinski definition) is 1. The van der Waals surface area contributed by atoms with Gasteiger partial charge in [0.1, 0.15) is 0 Å². The Balaban J connectivity index is 1.45. The van der Waals surface area contributed by atoms with E-state index in [2.05, 4.69) is 17.1 Å². The third-order valence-corrected chi connectivity index (χ3v) is 3.73. The third-order valence-electron chi connectivity index (χ3n) is 3.73. The average Bonchev–Trinajstić information content (AvgIpc) is 2.28. The van der Waals surface area contributed by atoms with Crippen molar-refractivity contribution >= 4 is 0 Å². The molecule has 3 heteroatoms. The maximum Gasteiger partial charge on any atom is 0.0554 e. The average molecular weight is 226 g/mol. The van der Waals surface area contributed by atoms with E-state index < -0.39 is 0 Å². The topological polar surface area (TPSA) is 24.5 Å². The summed E-state index contributed by atoms with van der Waals surface area (Å²) < 4.78 is 5.24. The molecule has 0 radical (unpaired) electrons. The Morgan fingerprint density at radius 2 is 1.94 bits per heavy atom. The van der Waals surface area contributed by atoms with Crippen molar-refractivity contribution in [3.8, 4) is 0 Å². The summed E-state index contributed by atoms with van der Waals surface area (Å²) >= 11 is 0. The molecule has 2 rings (SSSR count). The fourth-order valence-electron chi connectivity index (χ4n) is 2.55. The number of ether oxygens (including phenoxy) is 1. The van der Waals surface area contributed by atoms with Gasteiger partial charge in [-0.3, -0.25) is 0 Å². The molecule has 0 bridgehead atoms. The Hall–Kier alpha value is -0.120. The first-order valence-electron chi connectivity index (χ1n) is 6.79. The van der Waals surface area contributed by atoms with Crippen LogP contribution in [0.3, 0.4) is 0 Å². The third kappa shape index (κ3) is 3.72. The van der Waals surface area contributed by atoms with Gasteiger partial charge in [-0.25, -0.2) is 0 Å². The Morgan fingerprint density at radius 3 is 2.56 bits per heavy atom. The molecule has 0 aliphatic carbocycles. The van der Waals surface area contributed by atoms with E-state index in [-0.39, 0.29) is 0 Å². The molecule has 2 aliphatic heterocycles. The van der Waals surface area contributed by atoms with E-state index in [4.69, 9.17) is 4.74 Å². The van der Waals surface area contributed by atoms with Crippen molar-refractivity contribution in [2.75, 3.05) is 45.9 Å². The van der Waals surface area contributed by atoms with Gasteiger partial charge in [-0.1, -0.05) is 13.3 Å². The number of piperidine rings is 1. The van der Waals surface area contributed by atoms with Gasteiger partial charge in [-0.2, -0.15) is 0 Å². The zero-order valence-corrected chi connectivity index (χ0v) is 10.6. The minimum absolute atomic E-state index is 0.422. The van der Waals surface area contributed by atoms with Crippen molar-refractivity contribution in [1.29, 1.82) is 0 Å². The standard InChI is InChI=1S/C13H26N2O/c1-13(11-16-12-13)10-14-6-5-9-15-7-3-2-4-8-15/h14H,2-12H2,1H3. The van der Waals surface area contributed by atoms with Crippen molar-refractivity contribution in [1.82, 2.24) is 10.2 Å². The molecule has 94 valence electrons. The molecular formula is C13H26N2O. The smallest absolute Gasteiger partial charge is 0.0554 e. The van der Waals surface area contributed by atoms with Crippen LogP contribution in [0.4, 0.5) is 0 Å². The van der Waals surface area contributed by atoms with Gasteiger partial charge in [-0.05, 0) is 45.4 Å². The molecule has 2 saturated heterocycles. The van der Waals surface area contributed by atoms with Crippen LogP contribution in [0, 0.1) is 5.41 Å². The highest BCUT2D eigenvalue weighted by Gasteiger charge is 2.32. The Bertz CT molecular complexity index is 198. The summed E-state index contributed by atoms with van der Waals surface area (Å²) in [4.78, 5) is 2.61. The highest BCUT2D eigenvalue weighted by atomic mass is 16.5. The zero-order valence-electron chi connectivity index (χ0n) is 10.6. The molecule has 1 N–H and O–H groups in total. The molecular weight excluding hydrogens is 200 g/mol. The predicted molar refractivity (Wildman–Crippen MR) is 66.7 cm³/mol. The number of likely N-dealkylation sites (tertiary alicyclic amines) is 1. The lowest BCUT2D eigenvalue weighted by Crippen LogP contribution is -2.47. The summed E-state index contributed by atoms with van der Waals surface area (Å²) in [7, 11) is 0. The number of hydrogen-bond acceptors (Lipinski definition) is 3. The monoisotopic (exact) mass is 226 g/mol. The summed E-state index contributed by atoms with van der Waals surface area (Å²) in [5, 5.41) is 3.56. The molecule has 0 amide bonds. The Kier molecular flexibility index (Phi) is 4.62. The van der Waals surface area contributed by atoms with Crippen molar-refractivity contribution in [3.05, 3.63) is 0 Å². The van der Waals surface area contributed by atoms with E-state index in [9.17, 15) is 0 Å². The first-order chi connectivity index (χ1) is 7.79. The first-order valence-corrected chi connectivity index (χ1v) is 6.79. The molecule has 0 aromatic carbocycles. The van der Waals surface area contributed by atoms with E-state index in [0.29, 0.717) is 5.41 Å². The molecule has 0 saturated carbocycles. The molecule has 2 heterocycles. The predicted octanol–water partition coefficient (Wildman–Crippen LogP) is 1.49. The lowest BCUT2D eigenvalue weighted by molar-refractivity contribution is -0.0989. The van der Waals surface area contributed by atoms with E-state index in [0.717, 1.165) is 26.3 Å². The van der Waals surface area contributed by atoms with Crippen LogP contribution < -0.4 is 5.32 Å². The second-order valence-electron chi connectivity index (χ2n) is 5.74. The van der Waals surface area contributed by atoms with Crippen LogP contribution in [-0.4, -0.2) is 50.8 Å². The molecule has 0 atom stereocenters. The van der Waals surface area contributed by atoms with Crippen LogP contribution in [0.25, 0.3) is 0 Å². The van der Waals surface area contributed by atoms with Crippen LogP contribution in [0.2, 0.25) is 0 Å². The Labute approximate surface area is 99.5 Å². The second-order valence-corrected chi connectivity index (χ2v) is 5.74. The molecule has 0 spiro atoms. The highest BCUT2D eigenvalue weighted by Crippen LogP contribution is 2.24. The van der Waals surface area contributed by atoms with Gasteiger partial charge in [0, 0.05) is 12.0 Å². The quantitative estimate of drug-likeness (QED) is 0.695. The lowest BCUT2D eigenvalue weighted by atomic mass is 9.89. The zero-order chi connectivity index (χ0) is 11.3. The molecule has 0 aromatic heterocycles. The van der Waals surface area contributed by atoms with Gasteiger partial charge < -0.3 is 15.0 Å². The minimum Gasteiger partial charge on any atom is -0.380 e. The van der Waals surface area contributed by atoms with Crippen LogP contribution in [0.1, 0.15) is 32.6 Å². The van der Waals surface area contributed by atoms with Gasteiger partial charge in [0.05, 0.1) is 13.2 Å². The van der Waals surface area contributed by atoms with Crippen LogP contribution in [0.15, 0.2) is 0 Å². The first kappa shape index (κ1) is 12.3. The molecule has 16 heavy (non-hydrogen) atoms.